The Morgan fingerprint density at radius 3 is 2.75 bits per heavy atom. The van der Waals surface area contributed by atoms with Crippen LogP contribution in [0.1, 0.15) is 32.6 Å². The molecule has 0 aromatic heterocycles. The van der Waals surface area contributed by atoms with E-state index in [1.54, 1.807) is 4.90 Å². The van der Waals surface area contributed by atoms with E-state index in [2.05, 4.69) is 10.5 Å². The van der Waals surface area contributed by atoms with Crippen LogP contribution in [0.25, 0.3) is 0 Å². The summed E-state index contributed by atoms with van der Waals surface area (Å²) in [4.78, 5) is 13.4. The van der Waals surface area contributed by atoms with Gasteiger partial charge in [-0.3, -0.25) is 0 Å². The molecule has 1 saturated carbocycles. The van der Waals surface area contributed by atoms with Crippen LogP contribution in [0.2, 0.25) is 0 Å². The van der Waals surface area contributed by atoms with E-state index in [0.717, 1.165) is 12.8 Å². The van der Waals surface area contributed by atoms with Gasteiger partial charge < -0.3 is 21.2 Å². The average molecular weight is 228 g/mol. The van der Waals surface area contributed by atoms with Crippen LogP contribution in [0.15, 0.2) is 5.16 Å². The van der Waals surface area contributed by atoms with Crippen LogP contribution < -0.4 is 11.1 Å². The number of nitrogens with one attached hydrogen (secondary N) is 1. The first kappa shape index (κ1) is 12.6. The van der Waals surface area contributed by atoms with Crippen LogP contribution in [0, 0.1) is 0 Å². The van der Waals surface area contributed by atoms with Crippen molar-refractivity contribution in [1.29, 1.82) is 0 Å². The van der Waals surface area contributed by atoms with Crippen molar-refractivity contribution < 1.29 is 10.0 Å². The van der Waals surface area contributed by atoms with Crippen molar-refractivity contribution in [3.05, 3.63) is 0 Å². The molecule has 6 heteroatoms. The zero-order valence-corrected chi connectivity index (χ0v) is 9.65. The lowest BCUT2D eigenvalue weighted by molar-refractivity contribution is 0.190. The highest BCUT2D eigenvalue weighted by molar-refractivity contribution is 5.81. The van der Waals surface area contributed by atoms with Crippen molar-refractivity contribution in [2.75, 3.05) is 13.1 Å². The Hall–Kier alpha value is -1.46. The van der Waals surface area contributed by atoms with Crippen molar-refractivity contribution in [3.63, 3.8) is 0 Å². The number of oxime groups is 1. The molecule has 1 rings (SSSR count). The lowest BCUT2D eigenvalue weighted by atomic mass is 9.93. The first-order valence-corrected chi connectivity index (χ1v) is 5.69. The highest BCUT2D eigenvalue weighted by atomic mass is 16.4. The minimum Gasteiger partial charge on any atom is -0.409 e. The Balaban J connectivity index is 2.30. The zero-order valence-electron chi connectivity index (χ0n) is 9.65. The predicted molar refractivity (Wildman–Crippen MR) is 61.4 cm³/mol. The molecule has 4 N–H and O–H groups in total. The second kappa shape index (κ2) is 6.19. The molecule has 2 amide bonds. The van der Waals surface area contributed by atoms with Crippen LogP contribution in [-0.2, 0) is 0 Å². The smallest absolute Gasteiger partial charge is 0.317 e. The largest absolute Gasteiger partial charge is 0.409 e. The fourth-order valence-electron chi connectivity index (χ4n) is 1.52. The predicted octanol–water partition coefficient (Wildman–Crippen LogP) is 0.707. The normalized spacial score (nSPS) is 16.7. The molecule has 0 heterocycles. The van der Waals surface area contributed by atoms with E-state index in [0.29, 0.717) is 25.6 Å². The maximum absolute atomic E-state index is 11.7. The maximum atomic E-state index is 11.7. The highest BCUT2D eigenvalue weighted by Gasteiger charge is 2.21. The van der Waals surface area contributed by atoms with Crippen molar-refractivity contribution >= 4 is 11.9 Å². The van der Waals surface area contributed by atoms with Gasteiger partial charge in [-0.1, -0.05) is 5.16 Å². The van der Waals surface area contributed by atoms with Crippen molar-refractivity contribution in [2.24, 2.45) is 10.9 Å². The van der Waals surface area contributed by atoms with E-state index in [1.165, 1.54) is 6.42 Å². The number of nitrogens with two attached hydrogens (primary N) is 1. The van der Waals surface area contributed by atoms with Crippen LogP contribution in [-0.4, -0.2) is 41.1 Å². The molecule has 16 heavy (non-hydrogen) atoms. The Labute approximate surface area is 95.5 Å². The molecule has 0 bridgehead atoms. The zero-order chi connectivity index (χ0) is 12.0. The lowest BCUT2D eigenvalue weighted by Crippen LogP contribution is -2.47. The average Bonchev–Trinajstić information content (AvgIpc) is 2.23. The van der Waals surface area contributed by atoms with E-state index in [-0.39, 0.29) is 11.9 Å². The molecule has 1 aliphatic rings. The Morgan fingerprint density at radius 1 is 1.62 bits per heavy atom. The molecule has 0 aromatic carbocycles. The summed E-state index contributed by atoms with van der Waals surface area (Å²) in [6, 6.07) is 0.281. The second-order valence-corrected chi connectivity index (χ2v) is 4.00. The molecular formula is C10H20N4O2. The minimum atomic E-state index is -0.0575. The van der Waals surface area contributed by atoms with Gasteiger partial charge in [0.05, 0.1) is 0 Å². The van der Waals surface area contributed by atoms with Gasteiger partial charge in [0.25, 0.3) is 0 Å². The van der Waals surface area contributed by atoms with E-state index in [1.807, 2.05) is 6.92 Å². The summed E-state index contributed by atoms with van der Waals surface area (Å²) in [6.07, 6.45) is 3.73. The quantitative estimate of drug-likeness (QED) is 0.280. The van der Waals surface area contributed by atoms with Crippen molar-refractivity contribution in [3.8, 4) is 0 Å². The van der Waals surface area contributed by atoms with Crippen LogP contribution >= 0.6 is 0 Å². The minimum absolute atomic E-state index is 0.0575. The topological polar surface area (TPSA) is 90.9 Å². The summed E-state index contributed by atoms with van der Waals surface area (Å²) in [5.74, 6) is 0.148. The molecule has 1 aliphatic carbocycles. The third kappa shape index (κ3) is 3.60. The van der Waals surface area contributed by atoms with Gasteiger partial charge >= 0.3 is 6.03 Å². The van der Waals surface area contributed by atoms with Crippen LogP contribution in [0.4, 0.5) is 4.79 Å². The second-order valence-electron chi connectivity index (χ2n) is 4.00. The Morgan fingerprint density at radius 2 is 2.31 bits per heavy atom. The molecule has 0 atom stereocenters. The van der Waals surface area contributed by atoms with Gasteiger partial charge in [-0.2, -0.15) is 0 Å². The van der Waals surface area contributed by atoms with Gasteiger partial charge in [-0.05, 0) is 26.2 Å². The van der Waals surface area contributed by atoms with Gasteiger partial charge in [-0.15, -0.1) is 0 Å². The van der Waals surface area contributed by atoms with Crippen LogP contribution in [0.5, 0.6) is 0 Å². The molecule has 0 aromatic rings. The first-order chi connectivity index (χ1) is 7.67. The standard InChI is InChI=1S/C10H20N4O2/c1-2-14(7-6-9(11)13-16)10(15)12-8-4-3-5-8/h8,16H,2-7H2,1H3,(H2,11,13)(H,12,15). The van der Waals surface area contributed by atoms with E-state index in [4.69, 9.17) is 10.9 Å². The maximum Gasteiger partial charge on any atom is 0.317 e. The molecular weight excluding hydrogens is 208 g/mol. The third-order valence-corrected chi connectivity index (χ3v) is 2.87. The highest BCUT2D eigenvalue weighted by Crippen LogP contribution is 2.18. The number of hydrogen-bond donors (Lipinski definition) is 3. The number of rotatable bonds is 5. The van der Waals surface area contributed by atoms with Crippen molar-refractivity contribution in [1.82, 2.24) is 10.2 Å². The molecule has 0 unspecified atom stereocenters. The lowest BCUT2D eigenvalue weighted by Gasteiger charge is -2.30. The molecule has 0 spiro atoms. The summed E-state index contributed by atoms with van der Waals surface area (Å²) in [5.41, 5.74) is 5.36. The summed E-state index contributed by atoms with van der Waals surface area (Å²) < 4.78 is 0. The van der Waals surface area contributed by atoms with E-state index >= 15 is 0 Å². The van der Waals surface area contributed by atoms with Crippen LogP contribution in [0.3, 0.4) is 0 Å². The molecule has 1 fully saturated rings. The molecule has 0 aliphatic heterocycles. The van der Waals surface area contributed by atoms with Gasteiger partial charge in [0.1, 0.15) is 5.84 Å². The third-order valence-electron chi connectivity index (χ3n) is 2.87. The molecule has 92 valence electrons. The monoisotopic (exact) mass is 228 g/mol. The van der Waals surface area contributed by atoms with Gasteiger partial charge in [0.2, 0.25) is 0 Å². The van der Waals surface area contributed by atoms with E-state index < -0.39 is 0 Å². The fourth-order valence-corrected chi connectivity index (χ4v) is 1.52. The van der Waals surface area contributed by atoms with E-state index in [9.17, 15) is 4.79 Å². The number of carbonyl (C=O) groups excluding carboxylic acids is 1. The van der Waals surface area contributed by atoms with Gasteiger partial charge in [-0.25, -0.2) is 4.79 Å². The molecule has 0 radical (unpaired) electrons. The number of amides is 2. The van der Waals surface area contributed by atoms with Gasteiger partial charge in [0, 0.05) is 25.6 Å². The summed E-state index contributed by atoms with van der Waals surface area (Å²) >= 11 is 0. The number of urea groups is 1. The fraction of sp³-hybridized carbons (Fsp3) is 0.800. The number of carbonyl (C=O) groups is 1. The number of nitrogens with zero attached hydrogens (tertiary/aromatic N) is 2. The SMILES string of the molecule is CCN(CCC(N)=NO)C(=O)NC1CCC1. The summed E-state index contributed by atoms with van der Waals surface area (Å²) in [7, 11) is 0. The Bertz CT molecular complexity index is 264. The summed E-state index contributed by atoms with van der Waals surface area (Å²) in [6.45, 7) is 3.01. The summed E-state index contributed by atoms with van der Waals surface area (Å²) in [5, 5.41) is 14.2. The van der Waals surface area contributed by atoms with Crippen molar-refractivity contribution in [2.45, 2.75) is 38.6 Å². The Kier molecular flexibility index (Phi) is 4.88. The molecule has 6 nitrogen and oxygen atoms in total. The number of amidine groups is 1. The van der Waals surface area contributed by atoms with Gasteiger partial charge in [0.15, 0.2) is 0 Å². The first-order valence-electron chi connectivity index (χ1n) is 5.69. The molecule has 0 saturated heterocycles. The number of hydrogen-bond acceptors (Lipinski definition) is 3.